The third kappa shape index (κ3) is 5.53. The van der Waals surface area contributed by atoms with Crippen LogP contribution in [0, 0.1) is 0 Å². The molecular weight excluding hydrogens is 282 g/mol. The minimum atomic E-state index is 0.415. The van der Waals surface area contributed by atoms with Gasteiger partial charge in [-0.3, -0.25) is 0 Å². The van der Waals surface area contributed by atoms with Crippen molar-refractivity contribution in [3.8, 4) is 5.75 Å². The highest BCUT2D eigenvalue weighted by molar-refractivity contribution is 7.99. The van der Waals surface area contributed by atoms with E-state index in [1.165, 1.54) is 18.4 Å². The van der Waals surface area contributed by atoms with Crippen molar-refractivity contribution in [1.29, 1.82) is 0 Å². The van der Waals surface area contributed by atoms with Crippen LogP contribution in [0.15, 0.2) is 24.3 Å². The number of thioether (sulfide) groups is 1. The highest BCUT2D eigenvalue weighted by Gasteiger charge is 2.17. The van der Waals surface area contributed by atoms with Gasteiger partial charge in [0.25, 0.3) is 0 Å². The maximum absolute atomic E-state index is 5.52. The minimum absolute atomic E-state index is 0.415. The standard InChI is InChI=1S/C17H27NO2S/c1-3-18-17(13-21-16-9-11-19-12-10-16)14-5-7-15(8-6-14)20-4-2/h5-8,16-18H,3-4,9-13H2,1-2H3. The van der Waals surface area contributed by atoms with E-state index in [1.54, 1.807) is 0 Å². The number of benzene rings is 1. The van der Waals surface area contributed by atoms with Crippen LogP contribution in [0.1, 0.15) is 38.3 Å². The van der Waals surface area contributed by atoms with Gasteiger partial charge in [-0.25, -0.2) is 0 Å². The van der Waals surface area contributed by atoms with Crippen molar-refractivity contribution in [3.05, 3.63) is 29.8 Å². The van der Waals surface area contributed by atoms with Crippen LogP contribution >= 0.6 is 11.8 Å². The molecule has 0 spiro atoms. The van der Waals surface area contributed by atoms with Gasteiger partial charge >= 0.3 is 0 Å². The Labute approximate surface area is 132 Å². The van der Waals surface area contributed by atoms with Gasteiger partial charge in [-0.05, 0) is 44.0 Å². The van der Waals surface area contributed by atoms with E-state index >= 15 is 0 Å². The molecule has 1 heterocycles. The van der Waals surface area contributed by atoms with Crippen LogP contribution in [0.25, 0.3) is 0 Å². The van der Waals surface area contributed by atoms with E-state index in [0.29, 0.717) is 6.04 Å². The quantitative estimate of drug-likeness (QED) is 0.794. The first-order chi connectivity index (χ1) is 10.3. The molecule has 0 aliphatic carbocycles. The predicted octanol–water partition coefficient (Wildman–Crippen LogP) is 3.65. The van der Waals surface area contributed by atoms with Gasteiger partial charge in [0.1, 0.15) is 5.75 Å². The summed E-state index contributed by atoms with van der Waals surface area (Å²) in [5, 5.41) is 4.35. The van der Waals surface area contributed by atoms with Gasteiger partial charge in [-0.15, -0.1) is 0 Å². The van der Waals surface area contributed by atoms with Gasteiger partial charge in [-0.1, -0.05) is 19.1 Å². The SMILES string of the molecule is CCNC(CSC1CCOCC1)c1ccc(OCC)cc1. The highest BCUT2D eigenvalue weighted by atomic mass is 32.2. The Morgan fingerprint density at radius 3 is 2.57 bits per heavy atom. The monoisotopic (exact) mass is 309 g/mol. The first-order valence-corrected chi connectivity index (χ1v) is 9.03. The molecule has 3 nitrogen and oxygen atoms in total. The van der Waals surface area contributed by atoms with E-state index in [2.05, 4.69) is 48.3 Å². The third-order valence-corrected chi connectivity index (χ3v) is 5.18. The highest BCUT2D eigenvalue weighted by Crippen LogP contribution is 2.27. The fourth-order valence-electron chi connectivity index (χ4n) is 2.56. The fourth-order valence-corrected chi connectivity index (χ4v) is 3.86. The Morgan fingerprint density at radius 2 is 1.95 bits per heavy atom. The van der Waals surface area contributed by atoms with E-state index in [1.807, 2.05) is 6.92 Å². The van der Waals surface area contributed by atoms with Crippen molar-refractivity contribution in [2.45, 2.75) is 38.0 Å². The summed E-state index contributed by atoms with van der Waals surface area (Å²) in [6, 6.07) is 8.93. The minimum Gasteiger partial charge on any atom is -0.494 e. The van der Waals surface area contributed by atoms with Crippen molar-refractivity contribution in [3.63, 3.8) is 0 Å². The molecular formula is C17H27NO2S. The van der Waals surface area contributed by atoms with Gasteiger partial charge in [-0.2, -0.15) is 11.8 Å². The molecule has 0 bridgehead atoms. The lowest BCUT2D eigenvalue weighted by molar-refractivity contribution is 0.1000. The Bertz CT molecular complexity index is 390. The van der Waals surface area contributed by atoms with Crippen molar-refractivity contribution < 1.29 is 9.47 Å². The number of rotatable bonds is 8. The number of hydrogen-bond acceptors (Lipinski definition) is 4. The lowest BCUT2D eigenvalue weighted by atomic mass is 10.1. The lowest BCUT2D eigenvalue weighted by Gasteiger charge is -2.25. The second-order valence-electron chi connectivity index (χ2n) is 5.26. The van der Waals surface area contributed by atoms with Crippen molar-refractivity contribution >= 4 is 11.8 Å². The Balaban J connectivity index is 1.90. The number of ether oxygens (including phenoxy) is 2. The van der Waals surface area contributed by atoms with Crippen LogP contribution in [0.4, 0.5) is 0 Å². The summed E-state index contributed by atoms with van der Waals surface area (Å²) < 4.78 is 10.9. The van der Waals surface area contributed by atoms with Crippen LogP contribution in [0.2, 0.25) is 0 Å². The van der Waals surface area contributed by atoms with Crippen LogP contribution < -0.4 is 10.1 Å². The van der Waals surface area contributed by atoms with Gasteiger partial charge in [0.15, 0.2) is 0 Å². The molecule has 1 aromatic carbocycles. The Morgan fingerprint density at radius 1 is 1.24 bits per heavy atom. The maximum atomic E-state index is 5.52. The summed E-state index contributed by atoms with van der Waals surface area (Å²) in [6.07, 6.45) is 2.37. The van der Waals surface area contributed by atoms with Crippen LogP contribution in [0.5, 0.6) is 5.75 Å². The largest absolute Gasteiger partial charge is 0.494 e. The fraction of sp³-hybridized carbons (Fsp3) is 0.647. The third-order valence-electron chi connectivity index (χ3n) is 3.71. The number of nitrogens with one attached hydrogen (secondary N) is 1. The van der Waals surface area contributed by atoms with Gasteiger partial charge < -0.3 is 14.8 Å². The number of hydrogen-bond donors (Lipinski definition) is 1. The molecule has 0 radical (unpaired) electrons. The summed E-state index contributed by atoms with van der Waals surface area (Å²) in [6.45, 7) is 7.74. The molecule has 21 heavy (non-hydrogen) atoms. The molecule has 0 amide bonds. The normalized spacial score (nSPS) is 17.6. The molecule has 0 aromatic heterocycles. The second-order valence-corrected chi connectivity index (χ2v) is 6.59. The molecule has 2 rings (SSSR count). The van der Waals surface area contributed by atoms with Gasteiger partial charge in [0.2, 0.25) is 0 Å². The van der Waals surface area contributed by atoms with Gasteiger partial charge in [0.05, 0.1) is 6.61 Å². The molecule has 4 heteroatoms. The zero-order valence-corrected chi connectivity index (χ0v) is 14.0. The van der Waals surface area contributed by atoms with Crippen molar-refractivity contribution in [1.82, 2.24) is 5.32 Å². The second kappa shape index (κ2) is 9.34. The predicted molar refractivity (Wildman–Crippen MR) is 90.3 cm³/mol. The molecule has 1 N–H and O–H groups in total. The van der Waals surface area contributed by atoms with E-state index in [4.69, 9.17) is 9.47 Å². The van der Waals surface area contributed by atoms with Crippen LogP contribution in [-0.2, 0) is 4.74 Å². The zero-order chi connectivity index (χ0) is 14.9. The summed E-state index contributed by atoms with van der Waals surface area (Å²) in [4.78, 5) is 0. The van der Waals surface area contributed by atoms with Crippen molar-refractivity contribution in [2.75, 3.05) is 32.1 Å². The molecule has 1 fully saturated rings. The summed E-state index contributed by atoms with van der Waals surface area (Å²) >= 11 is 2.08. The molecule has 1 aliphatic heterocycles. The van der Waals surface area contributed by atoms with Crippen molar-refractivity contribution in [2.24, 2.45) is 0 Å². The first-order valence-electron chi connectivity index (χ1n) is 7.99. The molecule has 1 aliphatic rings. The molecule has 1 atom stereocenters. The van der Waals surface area contributed by atoms with E-state index < -0.39 is 0 Å². The van der Waals surface area contributed by atoms with Crippen LogP contribution in [-0.4, -0.2) is 37.4 Å². The zero-order valence-electron chi connectivity index (χ0n) is 13.1. The topological polar surface area (TPSA) is 30.5 Å². The molecule has 1 unspecified atom stereocenters. The smallest absolute Gasteiger partial charge is 0.119 e. The summed E-state index contributed by atoms with van der Waals surface area (Å²) in [5.74, 6) is 2.07. The lowest BCUT2D eigenvalue weighted by Crippen LogP contribution is -2.25. The van der Waals surface area contributed by atoms with E-state index in [-0.39, 0.29) is 0 Å². The summed E-state index contributed by atoms with van der Waals surface area (Å²) in [7, 11) is 0. The molecule has 1 saturated heterocycles. The van der Waals surface area contributed by atoms with E-state index in [9.17, 15) is 0 Å². The first kappa shape index (κ1) is 16.7. The average molecular weight is 309 g/mol. The summed E-state index contributed by atoms with van der Waals surface area (Å²) in [5.41, 5.74) is 1.35. The maximum Gasteiger partial charge on any atom is 0.119 e. The van der Waals surface area contributed by atoms with E-state index in [0.717, 1.165) is 43.1 Å². The Kier molecular flexibility index (Phi) is 7.41. The Hall–Kier alpha value is -0.710. The molecule has 118 valence electrons. The molecule has 0 saturated carbocycles. The average Bonchev–Trinajstić information content (AvgIpc) is 2.54. The molecule has 1 aromatic rings. The van der Waals surface area contributed by atoms with Gasteiger partial charge in [0, 0.05) is 30.3 Å². The van der Waals surface area contributed by atoms with Crippen LogP contribution in [0.3, 0.4) is 0 Å².